The zero-order valence-corrected chi connectivity index (χ0v) is 12.6. The number of aromatic amines is 1. The summed E-state index contributed by atoms with van der Waals surface area (Å²) in [4.78, 5) is 27.7. The van der Waals surface area contributed by atoms with Crippen molar-refractivity contribution in [3.63, 3.8) is 0 Å². The molecule has 1 atom stereocenters. The van der Waals surface area contributed by atoms with E-state index in [4.69, 9.17) is 0 Å². The molecule has 0 aromatic carbocycles. The molecule has 2 rings (SSSR count). The van der Waals surface area contributed by atoms with E-state index >= 15 is 0 Å². The van der Waals surface area contributed by atoms with Gasteiger partial charge >= 0.3 is 5.69 Å². The third-order valence-corrected chi connectivity index (χ3v) is 3.01. The Kier molecular flexibility index (Phi) is 4.25. The molecule has 8 heteroatoms. The molecule has 0 aliphatic rings. The Morgan fingerprint density at radius 2 is 2.14 bits per heavy atom. The van der Waals surface area contributed by atoms with Gasteiger partial charge in [-0.1, -0.05) is 13.8 Å². The fourth-order valence-electron chi connectivity index (χ4n) is 1.92. The van der Waals surface area contributed by atoms with Gasteiger partial charge in [0.1, 0.15) is 17.7 Å². The molecule has 1 amide bonds. The Bertz CT molecular complexity index is 702. The maximum Gasteiger partial charge on any atom is 0.349 e. The van der Waals surface area contributed by atoms with Crippen molar-refractivity contribution < 1.29 is 4.79 Å². The second-order valence-electron chi connectivity index (χ2n) is 5.42. The fourth-order valence-corrected chi connectivity index (χ4v) is 1.92. The van der Waals surface area contributed by atoms with Crippen molar-refractivity contribution in [2.75, 3.05) is 11.9 Å². The summed E-state index contributed by atoms with van der Waals surface area (Å²) in [6.45, 7) is 8.16. The summed E-state index contributed by atoms with van der Waals surface area (Å²) in [5, 5.41) is 12.1. The van der Waals surface area contributed by atoms with Crippen LogP contribution in [0.3, 0.4) is 0 Å². The summed E-state index contributed by atoms with van der Waals surface area (Å²) in [6.07, 6.45) is 0. The zero-order valence-electron chi connectivity index (χ0n) is 12.6. The summed E-state index contributed by atoms with van der Waals surface area (Å²) in [6, 6.07) is 1.20. The first-order valence-electron chi connectivity index (χ1n) is 6.87. The van der Waals surface area contributed by atoms with Gasteiger partial charge in [0.15, 0.2) is 5.65 Å². The molecule has 0 spiro atoms. The van der Waals surface area contributed by atoms with Crippen LogP contribution in [0.4, 0.5) is 5.82 Å². The van der Waals surface area contributed by atoms with Gasteiger partial charge < -0.3 is 10.6 Å². The number of nitrogens with zero attached hydrogens (tertiary/aromatic N) is 3. The highest BCUT2D eigenvalue weighted by Gasteiger charge is 2.14. The van der Waals surface area contributed by atoms with Gasteiger partial charge in [-0.15, -0.1) is 0 Å². The quantitative estimate of drug-likeness (QED) is 0.735. The minimum atomic E-state index is -0.427. The number of aromatic nitrogens is 4. The SMILES string of the molecule is Cc1nc(NC(C)C(=O)NCC(C)C)cc2n[nH]c(=O)n12. The van der Waals surface area contributed by atoms with Gasteiger partial charge in [-0.25, -0.2) is 19.3 Å². The average molecular weight is 292 g/mol. The molecular weight excluding hydrogens is 272 g/mol. The smallest absolute Gasteiger partial charge is 0.349 e. The monoisotopic (exact) mass is 292 g/mol. The highest BCUT2D eigenvalue weighted by molar-refractivity contribution is 5.84. The number of carbonyl (C=O) groups is 1. The molecule has 0 bridgehead atoms. The first-order chi connectivity index (χ1) is 9.88. The van der Waals surface area contributed by atoms with E-state index in [0.717, 1.165) is 0 Å². The Balaban J connectivity index is 2.12. The van der Waals surface area contributed by atoms with E-state index < -0.39 is 6.04 Å². The molecule has 1 unspecified atom stereocenters. The van der Waals surface area contributed by atoms with Crippen LogP contribution in [0.1, 0.15) is 26.6 Å². The maximum atomic E-state index is 11.9. The highest BCUT2D eigenvalue weighted by Crippen LogP contribution is 2.09. The number of hydrogen-bond donors (Lipinski definition) is 3. The van der Waals surface area contributed by atoms with Crippen LogP contribution in [-0.2, 0) is 4.79 Å². The first kappa shape index (κ1) is 15.0. The van der Waals surface area contributed by atoms with Gasteiger partial charge in [-0.3, -0.25) is 4.79 Å². The van der Waals surface area contributed by atoms with Gasteiger partial charge in [0.2, 0.25) is 5.91 Å². The molecule has 2 heterocycles. The number of H-pyrrole nitrogens is 1. The molecule has 21 heavy (non-hydrogen) atoms. The average Bonchev–Trinajstić information content (AvgIpc) is 2.77. The van der Waals surface area contributed by atoms with Gasteiger partial charge in [0, 0.05) is 12.6 Å². The summed E-state index contributed by atoms with van der Waals surface area (Å²) < 4.78 is 1.37. The number of nitrogens with one attached hydrogen (secondary N) is 3. The summed E-state index contributed by atoms with van der Waals surface area (Å²) in [7, 11) is 0. The van der Waals surface area contributed by atoms with Crippen molar-refractivity contribution in [1.82, 2.24) is 24.9 Å². The number of amides is 1. The van der Waals surface area contributed by atoms with E-state index in [9.17, 15) is 9.59 Å². The Labute approximate surface area is 122 Å². The Hall–Kier alpha value is -2.38. The molecule has 0 aliphatic heterocycles. The predicted molar refractivity (Wildman–Crippen MR) is 79.3 cm³/mol. The lowest BCUT2D eigenvalue weighted by atomic mass is 10.2. The van der Waals surface area contributed by atoms with Crippen LogP contribution in [0, 0.1) is 12.8 Å². The van der Waals surface area contributed by atoms with E-state index in [1.54, 1.807) is 19.9 Å². The molecule has 0 fully saturated rings. The normalized spacial score (nSPS) is 12.6. The number of hydrogen-bond acceptors (Lipinski definition) is 5. The second kappa shape index (κ2) is 5.94. The lowest BCUT2D eigenvalue weighted by Gasteiger charge is -2.16. The summed E-state index contributed by atoms with van der Waals surface area (Å²) in [5.41, 5.74) is 0.133. The van der Waals surface area contributed by atoms with Crippen LogP contribution < -0.4 is 16.3 Å². The third kappa shape index (κ3) is 3.39. The topological polar surface area (TPSA) is 104 Å². The summed E-state index contributed by atoms with van der Waals surface area (Å²) in [5.74, 6) is 1.31. The number of rotatable bonds is 5. The van der Waals surface area contributed by atoms with Gasteiger partial charge in [0.05, 0.1) is 0 Å². The minimum absolute atomic E-state index is 0.0950. The lowest BCUT2D eigenvalue weighted by Crippen LogP contribution is -2.39. The van der Waals surface area contributed by atoms with E-state index in [-0.39, 0.29) is 11.6 Å². The van der Waals surface area contributed by atoms with E-state index in [1.807, 2.05) is 13.8 Å². The van der Waals surface area contributed by atoms with Crippen molar-refractivity contribution in [2.24, 2.45) is 5.92 Å². The molecule has 114 valence electrons. The van der Waals surface area contributed by atoms with Gasteiger partial charge in [-0.05, 0) is 19.8 Å². The standard InChI is InChI=1S/C13H20N6O2/c1-7(2)6-14-12(20)8(3)15-10-5-11-17-18-13(21)19(11)9(4)16-10/h5,7-8,15H,6H2,1-4H3,(H,14,20)(H,18,21). The third-order valence-electron chi connectivity index (χ3n) is 3.01. The highest BCUT2D eigenvalue weighted by atomic mass is 16.2. The van der Waals surface area contributed by atoms with Gasteiger partial charge in [-0.2, -0.15) is 5.10 Å². The molecular formula is C13H20N6O2. The van der Waals surface area contributed by atoms with Crippen LogP contribution in [0.15, 0.2) is 10.9 Å². The predicted octanol–water partition coefficient (Wildman–Crippen LogP) is 0.299. The van der Waals surface area contributed by atoms with Crippen molar-refractivity contribution >= 4 is 17.4 Å². The largest absolute Gasteiger partial charge is 0.358 e. The molecule has 0 aliphatic carbocycles. The maximum absolute atomic E-state index is 11.9. The van der Waals surface area contributed by atoms with E-state index in [1.165, 1.54) is 4.40 Å². The van der Waals surface area contributed by atoms with Crippen molar-refractivity contribution in [3.8, 4) is 0 Å². The minimum Gasteiger partial charge on any atom is -0.358 e. The van der Waals surface area contributed by atoms with Crippen LogP contribution >= 0.6 is 0 Å². The van der Waals surface area contributed by atoms with Crippen LogP contribution in [0.2, 0.25) is 0 Å². The molecule has 0 saturated heterocycles. The van der Waals surface area contributed by atoms with E-state index in [2.05, 4.69) is 25.8 Å². The Morgan fingerprint density at radius 1 is 1.43 bits per heavy atom. The number of anilines is 1. The number of aryl methyl sites for hydroxylation is 1. The van der Waals surface area contributed by atoms with Crippen LogP contribution in [-0.4, -0.2) is 38.1 Å². The van der Waals surface area contributed by atoms with Crippen LogP contribution in [0.25, 0.3) is 5.65 Å². The number of fused-ring (bicyclic) bond motifs is 1. The van der Waals surface area contributed by atoms with Crippen molar-refractivity contribution in [3.05, 3.63) is 22.4 Å². The second-order valence-corrected chi connectivity index (χ2v) is 5.42. The zero-order chi connectivity index (χ0) is 15.6. The molecule has 3 N–H and O–H groups in total. The molecule has 0 saturated carbocycles. The van der Waals surface area contributed by atoms with E-state index in [0.29, 0.717) is 29.8 Å². The van der Waals surface area contributed by atoms with Crippen LogP contribution in [0.5, 0.6) is 0 Å². The Morgan fingerprint density at radius 3 is 2.81 bits per heavy atom. The summed E-state index contributed by atoms with van der Waals surface area (Å²) >= 11 is 0. The lowest BCUT2D eigenvalue weighted by molar-refractivity contribution is -0.121. The van der Waals surface area contributed by atoms with Crippen molar-refractivity contribution in [2.45, 2.75) is 33.7 Å². The number of carbonyl (C=O) groups excluding carboxylic acids is 1. The van der Waals surface area contributed by atoms with Crippen molar-refractivity contribution in [1.29, 1.82) is 0 Å². The van der Waals surface area contributed by atoms with Gasteiger partial charge in [0.25, 0.3) is 0 Å². The molecule has 8 nitrogen and oxygen atoms in total. The molecule has 2 aromatic rings. The molecule has 0 radical (unpaired) electrons. The molecule has 2 aromatic heterocycles. The fraction of sp³-hybridized carbons (Fsp3) is 0.538. The first-order valence-corrected chi connectivity index (χ1v) is 6.87.